The molecule has 0 amide bonds. The molecule has 2 aromatic heterocycles. The van der Waals surface area contributed by atoms with E-state index in [-0.39, 0.29) is 5.82 Å². The minimum absolute atomic E-state index is 0.227. The molecule has 0 aliphatic rings. The molecule has 0 unspecified atom stereocenters. The maximum atomic E-state index is 12.9. The first-order chi connectivity index (χ1) is 11.8. The van der Waals surface area contributed by atoms with Gasteiger partial charge in [0.05, 0.1) is 17.4 Å². The van der Waals surface area contributed by atoms with Crippen molar-refractivity contribution in [1.29, 1.82) is 0 Å². The fraction of sp³-hybridized carbons (Fsp3) is 0.0526. The van der Waals surface area contributed by atoms with Gasteiger partial charge in [-0.3, -0.25) is 0 Å². The zero-order valence-corrected chi connectivity index (χ0v) is 12.8. The second-order valence-electron chi connectivity index (χ2n) is 5.55. The van der Waals surface area contributed by atoms with Gasteiger partial charge in [0.15, 0.2) is 0 Å². The Labute approximate surface area is 138 Å². The number of benzene rings is 2. The second kappa shape index (κ2) is 6.12. The minimum Gasteiger partial charge on any atom is -0.366 e. The first kappa shape index (κ1) is 14.4. The number of hydrogen-bond donors (Lipinski definition) is 2. The number of hydrogen-bond acceptors (Lipinski definition) is 3. The molecule has 0 bridgehead atoms. The zero-order chi connectivity index (χ0) is 16.4. The van der Waals surface area contributed by atoms with E-state index in [0.717, 1.165) is 33.5 Å². The van der Waals surface area contributed by atoms with Crippen LogP contribution in [-0.4, -0.2) is 15.0 Å². The highest BCUT2D eigenvalue weighted by molar-refractivity contribution is 5.81. The summed E-state index contributed by atoms with van der Waals surface area (Å²) in [5.74, 6) is 0.555. The number of aromatic amines is 1. The first-order valence-electron chi connectivity index (χ1n) is 7.66. The molecule has 5 heteroatoms. The summed E-state index contributed by atoms with van der Waals surface area (Å²) in [5, 5.41) is 3.23. The summed E-state index contributed by atoms with van der Waals surface area (Å²) in [5.41, 5.74) is 5.07. The van der Waals surface area contributed by atoms with E-state index in [9.17, 15) is 4.39 Å². The maximum Gasteiger partial charge on any atom is 0.126 e. The summed E-state index contributed by atoms with van der Waals surface area (Å²) in [7, 11) is 0. The molecule has 0 fully saturated rings. The predicted octanol–water partition coefficient (Wildman–Crippen LogP) is 4.38. The van der Waals surface area contributed by atoms with Crippen LogP contribution >= 0.6 is 0 Å². The van der Waals surface area contributed by atoms with Gasteiger partial charge in [-0.2, -0.15) is 0 Å². The molecule has 4 nitrogen and oxygen atoms in total. The fourth-order valence-electron chi connectivity index (χ4n) is 2.58. The lowest BCUT2D eigenvalue weighted by Gasteiger charge is -2.07. The molecule has 0 aliphatic carbocycles. The smallest absolute Gasteiger partial charge is 0.126 e. The average molecular weight is 318 g/mol. The Morgan fingerprint density at radius 3 is 2.54 bits per heavy atom. The number of fused-ring (bicyclic) bond motifs is 1. The lowest BCUT2D eigenvalue weighted by molar-refractivity contribution is 0.627. The topological polar surface area (TPSA) is 53.6 Å². The number of anilines is 1. The van der Waals surface area contributed by atoms with Crippen LogP contribution in [0.25, 0.3) is 22.2 Å². The van der Waals surface area contributed by atoms with Gasteiger partial charge in [0.1, 0.15) is 11.6 Å². The Balaban J connectivity index is 1.48. The molecular weight excluding hydrogens is 303 g/mol. The van der Waals surface area contributed by atoms with E-state index < -0.39 is 0 Å². The van der Waals surface area contributed by atoms with Crippen LogP contribution in [0.5, 0.6) is 0 Å². The van der Waals surface area contributed by atoms with Gasteiger partial charge in [-0.1, -0.05) is 18.2 Å². The Bertz CT molecular complexity index is 959. The van der Waals surface area contributed by atoms with Gasteiger partial charge < -0.3 is 10.3 Å². The summed E-state index contributed by atoms with van der Waals surface area (Å²) in [6, 6.07) is 16.5. The normalized spacial score (nSPS) is 10.9. The lowest BCUT2D eigenvalue weighted by Crippen LogP contribution is -2.01. The third kappa shape index (κ3) is 2.96. The largest absolute Gasteiger partial charge is 0.366 e. The lowest BCUT2D eigenvalue weighted by atomic mass is 10.1. The van der Waals surface area contributed by atoms with Crippen molar-refractivity contribution < 1.29 is 4.39 Å². The molecular formula is C19H15FN4. The number of rotatable bonds is 4. The highest BCUT2D eigenvalue weighted by Crippen LogP contribution is 2.23. The molecule has 2 heterocycles. The van der Waals surface area contributed by atoms with Crippen molar-refractivity contribution >= 4 is 16.9 Å². The van der Waals surface area contributed by atoms with Gasteiger partial charge in [0, 0.05) is 18.3 Å². The molecule has 0 spiro atoms. The SMILES string of the molecule is Fc1ccc(CNc2ccc(-c3ccc4[nH]cnc4c3)cn2)cc1. The quantitative estimate of drug-likeness (QED) is 0.587. The molecule has 0 atom stereocenters. The number of imidazole rings is 1. The van der Waals surface area contributed by atoms with Crippen molar-refractivity contribution in [3.8, 4) is 11.1 Å². The van der Waals surface area contributed by atoms with E-state index in [4.69, 9.17) is 0 Å². The van der Waals surface area contributed by atoms with Gasteiger partial charge >= 0.3 is 0 Å². The van der Waals surface area contributed by atoms with Crippen LogP contribution in [-0.2, 0) is 6.54 Å². The summed E-state index contributed by atoms with van der Waals surface area (Å²) in [6.45, 7) is 0.603. The highest BCUT2D eigenvalue weighted by atomic mass is 19.1. The van der Waals surface area contributed by atoms with Crippen LogP contribution in [0.1, 0.15) is 5.56 Å². The van der Waals surface area contributed by atoms with Crippen molar-refractivity contribution in [1.82, 2.24) is 15.0 Å². The molecule has 0 saturated carbocycles. The van der Waals surface area contributed by atoms with Crippen molar-refractivity contribution in [2.75, 3.05) is 5.32 Å². The van der Waals surface area contributed by atoms with Crippen LogP contribution in [0, 0.1) is 5.82 Å². The summed E-state index contributed by atoms with van der Waals surface area (Å²) < 4.78 is 12.9. The summed E-state index contributed by atoms with van der Waals surface area (Å²) in [4.78, 5) is 11.8. The molecule has 2 N–H and O–H groups in total. The Hall–Kier alpha value is -3.21. The Morgan fingerprint density at radius 2 is 1.75 bits per heavy atom. The molecule has 4 rings (SSSR count). The van der Waals surface area contributed by atoms with Crippen LogP contribution in [0.15, 0.2) is 67.1 Å². The molecule has 0 aliphatic heterocycles. The number of pyridine rings is 1. The van der Waals surface area contributed by atoms with Crippen LogP contribution in [0.4, 0.5) is 10.2 Å². The summed E-state index contributed by atoms with van der Waals surface area (Å²) >= 11 is 0. The third-order valence-electron chi connectivity index (χ3n) is 3.91. The fourth-order valence-corrected chi connectivity index (χ4v) is 2.58. The van der Waals surface area contributed by atoms with Crippen LogP contribution < -0.4 is 5.32 Å². The van der Waals surface area contributed by atoms with Crippen LogP contribution in [0.3, 0.4) is 0 Å². The maximum absolute atomic E-state index is 12.9. The van der Waals surface area contributed by atoms with E-state index in [1.54, 1.807) is 18.5 Å². The minimum atomic E-state index is -0.227. The van der Waals surface area contributed by atoms with Gasteiger partial charge in [-0.15, -0.1) is 0 Å². The average Bonchev–Trinajstić information content (AvgIpc) is 3.09. The predicted molar refractivity (Wildman–Crippen MR) is 93.1 cm³/mol. The number of H-pyrrole nitrogens is 1. The Morgan fingerprint density at radius 1 is 0.917 bits per heavy atom. The van der Waals surface area contributed by atoms with Gasteiger partial charge in [-0.25, -0.2) is 14.4 Å². The molecule has 2 aromatic carbocycles. The third-order valence-corrected chi connectivity index (χ3v) is 3.91. The van der Waals surface area contributed by atoms with E-state index in [2.05, 4.69) is 20.3 Å². The van der Waals surface area contributed by atoms with E-state index in [0.29, 0.717) is 6.54 Å². The molecule has 0 saturated heterocycles. The van der Waals surface area contributed by atoms with E-state index in [1.165, 1.54) is 12.1 Å². The van der Waals surface area contributed by atoms with Crippen molar-refractivity contribution in [2.24, 2.45) is 0 Å². The molecule has 0 radical (unpaired) electrons. The number of nitrogens with one attached hydrogen (secondary N) is 2. The van der Waals surface area contributed by atoms with Crippen LogP contribution in [0.2, 0.25) is 0 Å². The number of nitrogens with zero attached hydrogens (tertiary/aromatic N) is 2. The van der Waals surface area contributed by atoms with E-state index >= 15 is 0 Å². The van der Waals surface area contributed by atoms with Gasteiger partial charge in [-0.05, 0) is 47.5 Å². The number of aromatic nitrogens is 3. The molecule has 24 heavy (non-hydrogen) atoms. The second-order valence-corrected chi connectivity index (χ2v) is 5.55. The monoisotopic (exact) mass is 318 g/mol. The number of halogens is 1. The van der Waals surface area contributed by atoms with E-state index in [1.807, 2.05) is 36.5 Å². The van der Waals surface area contributed by atoms with Gasteiger partial charge in [0.2, 0.25) is 0 Å². The standard InChI is InChI=1S/C19H15FN4/c20-16-5-1-13(2-6-16)10-21-19-8-4-15(11-22-19)14-3-7-17-18(9-14)24-12-23-17/h1-9,11-12H,10H2,(H,21,22)(H,23,24). The molecule has 118 valence electrons. The van der Waals surface area contributed by atoms with Crippen molar-refractivity contribution in [2.45, 2.75) is 6.54 Å². The highest BCUT2D eigenvalue weighted by Gasteiger charge is 2.03. The summed E-state index contributed by atoms with van der Waals surface area (Å²) in [6.07, 6.45) is 3.52. The van der Waals surface area contributed by atoms with Gasteiger partial charge in [0.25, 0.3) is 0 Å². The Kier molecular flexibility index (Phi) is 3.67. The molecule has 4 aromatic rings. The zero-order valence-electron chi connectivity index (χ0n) is 12.8. The first-order valence-corrected chi connectivity index (χ1v) is 7.66. The van der Waals surface area contributed by atoms with Crippen molar-refractivity contribution in [3.05, 3.63) is 78.5 Å². The van der Waals surface area contributed by atoms with Crippen molar-refractivity contribution in [3.63, 3.8) is 0 Å².